The zero-order valence-corrected chi connectivity index (χ0v) is 12.6. The molecule has 0 radical (unpaired) electrons. The second-order valence-electron chi connectivity index (χ2n) is 6.60. The predicted molar refractivity (Wildman–Crippen MR) is 83.0 cm³/mol. The van der Waals surface area contributed by atoms with E-state index >= 15 is 0 Å². The lowest BCUT2D eigenvalue weighted by Crippen LogP contribution is -2.32. The summed E-state index contributed by atoms with van der Waals surface area (Å²) in [7, 11) is 0. The molecule has 0 aromatic heterocycles. The molecule has 1 aromatic carbocycles. The number of benzene rings is 1. The molecule has 1 aromatic rings. The minimum atomic E-state index is 0.418. The minimum absolute atomic E-state index is 0.418. The largest absolute Gasteiger partial charge is 0.312 e. The van der Waals surface area contributed by atoms with Crippen LogP contribution in [0.4, 0.5) is 0 Å². The number of hydrogen-bond donors (Lipinski definition) is 1. The highest BCUT2D eigenvalue weighted by molar-refractivity contribution is 5.14. The molecule has 1 aliphatic rings. The summed E-state index contributed by atoms with van der Waals surface area (Å²) in [6.07, 6.45) is 6.24. The molecule has 1 heteroatoms. The van der Waals surface area contributed by atoms with Crippen LogP contribution >= 0.6 is 0 Å². The Bertz CT molecular complexity index is 417. The molecule has 0 spiro atoms. The van der Waals surface area contributed by atoms with Gasteiger partial charge in [0.1, 0.15) is 0 Å². The van der Waals surface area contributed by atoms with E-state index in [4.69, 9.17) is 0 Å². The fourth-order valence-electron chi connectivity index (χ4n) is 2.86. The monoisotopic (exact) mass is 257 g/mol. The normalized spacial score (nSPS) is 22.7. The maximum Gasteiger partial charge on any atom is 0.0205 e. The molecule has 1 unspecified atom stereocenters. The van der Waals surface area contributed by atoms with Crippen LogP contribution in [0.3, 0.4) is 0 Å². The van der Waals surface area contributed by atoms with Gasteiger partial charge < -0.3 is 5.32 Å². The summed E-state index contributed by atoms with van der Waals surface area (Å²) in [6.45, 7) is 9.21. The molecule has 1 nitrogen and oxygen atoms in total. The molecule has 0 fully saturated rings. The standard InChI is InChI=1S/C18H27N/c1-15-9-10-17(18(2,3)12-11-15)14-19-13-16-7-5-4-6-8-16/h4-8,11,17,19H,9-10,12-14H2,1-3H3. The summed E-state index contributed by atoms with van der Waals surface area (Å²) < 4.78 is 0. The highest BCUT2D eigenvalue weighted by Gasteiger charge is 2.29. The summed E-state index contributed by atoms with van der Waals surface area (Å²) in [4.78, 5) is 0. The maximum atomic E-state index is 3.65. The second-order valence-corrected chi connectivity index (χ2v) is 6.60. The van der Waals surface area contributed by atoms with E-state index in [1.165, 1.54) is 24.8 Å². The fourth-order valence-corrected chi connectivity index (χ4v) is 2.86. The van der Waals surface area contributed by atoms with E-state index in [2.05, 4.69) is 62.5 Å². The Morgan fingerprint density at radius 3 is 2.68 bits per heavy atom. The molecule has 0 saturated carbocycles. The van der Waals surface area contributed by atoms with E-state index < -0.39 is 0 Å². The van der Waals surface area contributed by atoms with E-state index in [-0.39, 0.29) is 0 Å². The Kier molecular flexibility index (Phi) is 4.81. The Morgan fingerprint density at radius 1 is 1.21 bits per heavy atom. The molecule has 1 atom stereocenters. The number of allylic oxidation sites excluding steroid dienone is 2. The smallest absolute Gasteiger partial charge is 0.0205 e. The molecule has 0 amide bonds. The van der Waals surface area contributed by atoms with Crippen molar-refractivity contribution in [2.24, 2.45) is 11.3 Å². The van der Waals surface area contributed by atoms with Crippen LogP contribution < -0.4 is 5.32 Å². The van der Waals surface area contributed by atoms with Crippen molar-refractivity contribution in [1.82, 2.24) is 5.32 Å². The van der Waals surface area contributed by atoms with Crippen LogP contribution in [0.25, 0.3) is 0 Å². The minimum Gasteiger partial charge on any atom is -0.312 e. The van der Waals surface area contributed by atoms with Crippen molar-refractivity contribution >= 4 is 0 Å². The average molecular weight is 257 g/mol. The van der Waals surface area contributed by atoms with Gasteiger partial charge in [0.15, 0.2) is 0 Å². The van der Waals surface area contributed by atoms with Gasteiger partial charge in [-0.05, 0) is 49.6 Å². The van der Waals surface area contributed by atoms with Crippen LogP contribution in [-0.2, 0) is 6.54 Å². The maximum absolute atomic E-state index is 3.65. The Hall–Kier alpha value is -1.08. The zero-order chi connectivity index (χ0) is 13.7. The van der Waals surface area contributed by atoms with Crippen molar-refractivity contribution in [3.05, 3.63) is 47.5 Å². The van der Waals surface area contributed by atoms with E-state index in [0.29, 0.717) is 5.41 Å². The van der Waals surface area contributed by atoms with Crippen molar-refractivity contribution < 1.29 is 0 Å². The van der Waals surface area contributed by atoms with Gasteiger partial charge in [0.2, 0.25) is 0 Å². The van der Waals surface area contributed by atoms with Crippen molar-refractivity contribution in [3.63, 3.8) is 0 Å². The summed E-state index contributed by atoms with van der Waals surface area (Å²) >= 11 is 0. The first-order valence-corrected chi connectivity index (χ1v) is 7.48. The van der Waals surface area contributed by atoms with Crippen molar-refractivity contribution in [2.75, 3.05) is 6.54 Å². The molecule has 1 aliphatic carbocycles. The molecule has 19 heavy (non-hydrogen) atoms. The van der Waals surface area contributed by atoms with Crippen LogP contribution in [0.1, 0.15) is 45.6 Å². The Labute approximate surface area is 118 Å². The molecule has 0 aliphatic heterocycles. The van der Waals surface area contributed by atoms with Crippen LogP contribution in [-0.4, -0.2) is 6.54 Å². The van der Waals surface area contributed by atoms with Crippen molar-refractivity contribution in [3.8, 4) is 0 Å². The van der Waals surface area contributed by atoms with Crippen molar-refractivity contribution in [2.45, 2.75) is 46.6 Å². The summed E-state index contributed by atoms with van der Waals surface area (Å²) in [6, 6.07) is 10.7. The molecule has 1 N–H and O–H groups in total. The van der Waals surface area contributed by atoms with Gasteiger partial charge in [-0.2, -0.15) is 0 Å². The van der Waals surface area contributed by atoms with Gasteiger partial charge in [-0.3, -0.25) is 0 Å². The first-order valence-electron chi connectivity index (χ1n) is 7.48. The third-order valence-electron chi connectivity index (χ3n) is 4.53. The average Bonchev–Trinajstić information content (AvgIpc) is 2.52. The van der Waals surface area contributed by atoms with Crippen LogP contribution in [0.5, 0.6) is 0 Å². The third kappa shape index (κ3) is 4.21. The topological polar surface area (TPSA) is 12.0 Å². The van der Waals surface area contributed by atoms with Gasteiger partial charge in [0, 0.05) is 6.54 Å². The highest BCUT2D eigenvalue weighted by Crippen LogP contribution is 2.37. The van der Waals surface area contributed by atoms with E-state index in [1.807, 2.05) is 0 Å². The number of rotatable bonds is 4. The Balaban J connectivity index is 1.85. The first-order chi connectivity index (χ1) is 9.08. The lowest BCUT2D eigenvalue weighted by molar-refractivity contribution is 0.201. The highest BCUT2D eigenvalue weighted by atomic mass is 14.9. The second kappa shape index (κ2) is 6.38. The van der Waals surface area contributed by atoms with Crippen LogP contribution in [0.2, 0.25) is 0 Å². The quantitative estimate of drug-likeness (QED) is 0.780. The summed E-state index contributed by atoms with van der Waals surface area (Å²) in [5.41, 5.74) is 3.36. The third-order valence-corrected chi connectivity index (χ3v) is 4.53. The van der Waals surface area contributed by atoms with E-state index in [0.717, 1.165) is 19.0 Å². The van der Waals surface area contributed by atoms with Gasteiger partial charge in [0.05, 0.1) is 0 Å². The van der Waals surface area contributed by atoms with Crippen LogP contribution in [0, 0.1) is 11.3 Å². The Morgan fingerprint density at radius 2 is 1.95 bits per heavy atom. The molecule has 104 valence electrons. The van der Waals surface area contributed by atoms with Gasteiger partial charge in [-0.15, -0.1) is 0 Å². The van der Waals surface area contributed by atoms with Gasteiger partial charge in [0.25, 0.3) is 0 Å². The SMILES string of the molecule is CC1=CCC(C)(C)C(CNCc2ccccc2)CC1. The molecule has 2 rings (SSSR count). The molecule has 0 heterocycles. The van der Waals surface area contributed by atoms with Crippen molar-refractivity contribution in [1.29, 1.82) is 0 Å². The number of hydrogen-bond acceptors (Lipinski definition) is 1. The van der Waals surface area contributed by atoms with Gasteiger partial charge >= 0.3 is 0 Å². The molecular formula is C18H27N. The first kappa shape index (κ1) is 14.3. The molecule has 0 saturated heterocycles. The predicted octanol–water partition coefficient (Wildman–Crippen LogP) is 4.55. The fraction of sp³-hybridized carbons (Fsp3) is 0.556. The van der Waals surface area contributed by atoms with E-state index in [1.54, 1.807) is 5.57 Å². The van der Waals surface area contributed by atoms with E-state index in [9.17, 15) is 0 Å². The molecular weight excluding hydrogens is 230 g/mol. The van der Waals surface area contributed by atoms with Gasteiger partial charge in [-0.1, -0.05) is 55.8 Å². The lowest BCUT2D eigenvalue weighted by Gasteiger charge is -2.32. The number of nitrogens with one attached hydrogen (secondary N) is 1. The zero-order valence-electron chi connectivity index (χ0n) is 12.6. The molecule has 0 bridgehead atoms. The summed E-state index contributed by atoms with van der Waals surface area (Å²) in [5.74, 6) is 0.768. The summed E-state index contributed by atoms with van der Waals surface area (Å²) in [5, 5.41) is 3.65. The van der Waals surface area contributed by atoms with Gasteiger partial charge in [-0.25, -0.2) is 0 Å². The lowest BCUT2D eigenvalue weighted by atomic mass is 9.75. The van der Waals surface area contributed by atoms with Crippen LogP contribution in [0.15, 0.2) is 42.0 Å².